The number of nitrogen functional groups attached to an aromatic ring is 1. The molecular weight excluding hydrogens is 653 g/mol. The van der Waals surface area contributed by atoms with E-state index in [-0.39, 0.29) is 19.6 Å². The number of nitrogens with one attached hydrogen (secondary N) is 2. The first-order valence-electron chi connectivity index (χ1n) is 14.7. The molecule has 0 radical (unpaired) electrons. The number of rotatable bonds is 13. The summed E-state index contributed by atoms with van der Waals surface area (Å²) in [5, 5.41) is 7.80. The molecule has 0 heterocycles. The van der Waals surface area contributed by atoms with Crippen molar-refractivity contribution in [3.05, 3.63) is 85.8 Å². The average molecular weight is 691 g/mol. The summed E-state index contributed by atoms with van der Waals surface area (Å²) >= 11 is 16.1. The molecule has 1 atom stereocenters. The predicted molar refractivity (Wildman–Crippen MR) is 177 cm³/mol. The van der Waals surface area contributed by atoms with Gasteiger partial charge in [0.05, 0.1) is 33.4 Å². The van der Waals surface area contributed by atoms with Crippen LogP contribution in [0, 0.1) is 5.92 Å². The lowest BCUT2D eigenvalue weighted by Crippen LogP contribution is -2.36. The van der Waals surface area contributed by atoms with Crippen LogP contribution in [0.25, 0.3) is 0 Å². The fourth-order valence-corrected chi connectivity index (χ4v) is 6.48. The van der Waals surface area contributed by atoms with Gasteiger partial charge in [-0.2, -0.15) is 0 Å². The topological polar surface area (TPSA) is 103 Å². The third kappa shape index (κ3) is 9.35. The number of ether oxygens (including phenoxy) is 2. The molecule has 4 rings (SSSR count). The summed E-state index contributed by atoms with van der Waals surface area (Å²) < 4.78 is 11.4. The Labute approximate surface area is 271 Å². The first-order valence-corrected chi connectivity index (χ1v) is 16.2. The van der Waals surface area contributed by atoms with Crippen molar-refractivity contribution in [2.24, 2.45) is 5.92 Å². The number of benzene rings is 3. The predicted octanol–water partition coefficient (Wildman–Crippen LogP) is 8.47. The highest BCUT2D eigenvalue weighted by Gasteiger charge is 2.23. The fraction of sp³-hybridized carbons (Fsp3) is 0.394. The second-order valence-electron chi connectivity index (χ2n) is 10.7. The minimum atomic E-state index is -0.511. The quantitative estimate of drug-likeness (QED) is 0.0939. The molecule has 0 aromatic heterocycles. The molecule has 1 unspecified atom stereocenters. The third-order valence-corrected chi connectivity index (χ3v) is 9.10. The first kappa shape index (κ1) is 33.1. The van der Waals surface area contributed by atoms with Crippen LogP contribution in [0.15, 0.2) is 59.1 Å². The molecule has 0 saturated heterocycles. The smallest absolute Gasteiger partial charge is 0.338 e. The standard InChI is InChI=1S/C33H38BrCl2N3O4/c1-2-28(21-9-4-3-5-10-21)38-20-24-17-23(18-25(34)31(24)37)33(41)43-16-15-42-30(40)19-22-11-6-7-14-29(22)39-32-26(35)12-8-13-27(32)36/h6-8,11-14,17-18,21,28,38-39H,2-5,9-10,15-16,19-20,37H2,1H3. The van der Waals surface area contributed by atoms with Crippen LogP contribution in [0.2, 0.25) is 10.0 Å². The highest BCUT2D eigenvalue weighted by atomic mass is 79.9. The number of halogens is 3. The normalized spacial score (nSPS) is 14.2. The van der Waals surface area contributed by atoms with E-state index in [4.69, 9.17) is 38.4 Å². The number of nitrogens with two attached hydrogens (primary N) is 1. The van der Waals surface area contributed by atoms with E-state index in [2.05, 4.69) is 33.5 Å². The van der Waals surface area contributed by atoms with Gasteiger partial charge in [-0.1, -0.05) is 73.7 Å². The van der Waals surface area contributed by atoms with Crippen molar-refractivity contribution in [3.8, 4) is 0 Å². The van der Waals surface area contributed by atoms with Crippen molar-refractivity contribution < 1.29 is 19.1 Å². The van der Waals surface area contributed by atoms with Crippen LogP contribution in [0.4, 0.5) is 17.1 Å². The first-order chi connectivity index (χ1) is 20.8. The summed E-state index contributed by atoms with van der Waals surface area (Å²) in [5.41, 5.74) is 10.1. The molecule has 230 valence electrons. The lowest BCUT2D eigenvalue weighted by atomic mass is 9.83. The Morgan fingerprint density at radius 1 is 0.977 bits per heavy atom. The molecule has 0 spiro atoms. The van der Waals surface area contributed by atoms with Gasteiger partial charge < -0.3 is 25.8 Å². The molecule has 4 N–H and O–H groups in total. The van der Waals surface area contributed by atoms with E-state index in [1.54, 1.807) is 30.3 Å². The number of hydrogen-bond donors (Lipinski definition) is 3. The Balaban J connectivity index is 1.27. The summed E-state index contributed by atoms with van der Waals surface area (Å²) in [7, 11) is 0. The maximum atomic E-state index is 12.8. The van der Waals surface area contributed by atoms with Crippen LogP contribution in [0.5, 0.6) is 0 Å². The van der Waals surface area contributed by atoms with Gasteiger partial charge in [0.15, 0.2) is 0 Å². The highest BCUT2D eigenvalue weighted by molar-refractivity contribution is 9.10. The second kappa shape index (κ2) is 16.3. The monoisotopic (exact) mass is 689 g/mol. The van der Waals surface area contributed by atoms with Crippen molar-refractivity contribution in [2.45, 2.75) is 64.5 Å². The minimum Gasteiger partial charge on any atom is -0.462 e. The van der Waals surface area contributed by atoms with Crippen molar-refractivity contribution in [3.63, 3.8) is 0 Å². The van der Waals surface area contributed by atoms with Crippen molar-refractivity contribution in [1.82, 2.24) is 5.32 Å². The molecular formula is C33H38BrCl2N3O4. The Bertz CT molecular complexity index is 1390. The zero-order valence-electron chi connectivity index (χ0n) is 24.3. The van der Waals surface area contributed by atoms with E-state index < -0.39 is 11.9 Å². The minimum absolute atomic E-state index is 0.0140. The molecule has 1 fully saturated rings. The van der Waals surface area contributed by atoms with Gasteiger partial charge in [-0.25, -0.2) is 4.79 Å². The average Bonchev–Trinajstić information content (AvgIpc) is 3.00. The van der Waals surface area contributed by atoms with Crippen LogP contribution in [0.1, 0.15) is 66.9 Å². The summed E-state index contributed by atoms with van der Waals surface area (Å²) in [5.74, 6) is -0.295. The highest BCUT2D eigenvalue weighted by Crippen LogP contribution is 2.34. The number of para-hydroxylation sites is 2. The summed E-state index contributed by atoms with van der Waals surface area (Å²) in [6, 6.07) is 16.4. The Morgan fingerprint density at radius 3 is 2.40 bits per heavy atom. The number of esters is 2. The van der Waals surface area contributed by atoms with E-state index in [9.17, 15) is 9.59 Å². The van der Waals surface area contributed by atoms with E-state index in [0.717, 1.165) is 12.0 Å². The Morgan fingerprint density at radius 2 is 1.67 bits per heavy atom. The zero-order valence-corrected chi connectivity index (χ0v) is 27.4. The molecule has 3 aromatic carbocycles. The second-order valence-corrected chi connectivity index (χ2v) is 12.4. The van der Waals surface area contributed by atoms with E-state index >= 15 is 0 Å². The zero-order chi connectivity index (χ0) is 30.8. The van der Waals surface area contributed by atoms with Crippen LogP contribution >= 0.6 is 39.1 Å². The Hall–Kier alpha value is -2.78. The number of carbonyl (C=O) groups excluding carboxylic acids is 2. The van der Waals surface area contributed by atoms with Crippen molar-refractivity contribution in [1.29, 1.82) is 0 Å². The van der Waals surface area contributed by atoms with E-state index in [0.29, 0.717) is 61.2 Å². The number of hydrogen-bond acceptors (Lipinski definition) is 7. The third-order valence-electron chi connectivity index (χ3n) is 7.82. The van der Waals surface area contributed by atoms with Gasteiger partial charge in [-0.15, -0.1) is 0 Å². The van der Waals surface area contributed by atoms with Gasteiger partial charge in [-0.05, 0) is 82.6 Å². The molecule has 1 saturated carbocycles. The largest absolute Gasteiger partial charge is 0.462 e. The summed E-state index contributed by atoms with van der Waals surface area (Å²) in [4.78, 5) is 25.4. The lowest BCUT2D eigenvalue weighted by Gasteiger charge is -2.30. The summed E-state index contributed by atoms with van der Waals surface area (Å²) in [6.45, 7) is 2.63. The molecule has 7 nitrogen and oxygen atoms in total. The molecule has 0 amide bonds. The van der Waals surface area contributed by atoms with E-state index in [1.807, 2.05) is 24.3 Å². The maximum absolute atomic E-state index is 12.8. The maximum Gasteiger partial charge on any atom is 0.338 e. The number of anilines is 3. The Kier molecular flexibility index (Phi) is 12.6. The fourth-order valence-electron chi connectivity index (χ4n) is 5.49. The lowest BCUT2D eigenvalue weighted by molar-refractivity contribution is -0.143. The molecule has 10 heteroatoms. The molecule has 1 aliphatic carbocycles. The molecule has 3 aromatic rings. The van der Waals surface area contributed by atoms with Gasteiger partial charge in [0.1, 0.15) is 13.2 Å². The van der Waals surface area contributed by atoms with Gasteiger partial charge in [-0.3, -0.25) is 4.79 Å². The molecule has 43 heavy (non-hydrogen) atoms. The van der Waals surface area contributed by atoms with E-state index in [1.165, 1.54) is 32.1 Å². The van der Waals surface area contributed by atoms with Gasteiger partial charge in [0.25, 0.3) is 0 Å². The van der Waals surface area contributed by atoms with Crippen LogP contribution in [-0.4, -0.2) is 31.2 Å². The molecule has 1 aliphatic rings. The van der Waals surface area contributed by atoms with Gasteiger partial charge >= 0.3 is 11.9 Å². The van der Waals surface area contributed by atoms with Crippen LogP contribution in [-0.2, 0) is 27.2 Å². The molecule has 0 bridgehead atoms. The van der Waals surface area contributed by atoms with Gasteiger partial charge in [0.2, 0.25) is 0 Å². The van der Waals surface area contributed by atoms with Crippen LogP contribution in [0.3, 0.4) is 0 Å². The van der Waals surface area contributed by atoms with Gasteiger partial charge in [0, 0.05) is 22.7 Å². The summed E-state index contributed by atoms with van der Waals surface area (Å²) in [6.07, 6.45) is 7.46. The number of carbonyl (C=O) groups is 2. The van der Waals surface area contributed by atoms with Crippen molar-refractivity contribution in [2.75, 3.05) is 24.3 Å². The van der Waals surface area contributed by atoms with Crippen molar-refractivity contribution >= 4 is 68.1 Å². The SMILES string of the molecule is CCC(NCc1cc(C(=O)OCCOC(=O)Cc2ccccc2Nc2c(Cl)cccc2Cl)cc(Br)c1N)C1CCCCC1. The van der Waals surface area contributed by atoms with Crippen LogP contribution < -0.4 is 16.4 Å². The molecule has 0 aliphatic heterocycles.